The Balaban J connectivity index is 1.43. The molecule has 4 rings (SSSR count). The van der Waals surface area contributed by atoms with E-state index in [0.29, 0.717) is 39.5 Å². The number of hydrogen-bond donors (Lipinski definition) is 1. The fourth-order valence-corrected chi connectivity index (χ4v) is 3.32. The van der Waals surface area contributed by atoms with E-state index in [1.165, 1.54) is 0 Å². The van der Waals surface area contributed by atoms with Crippen LogP contribution in [0, 0.1) is 6.92 Å². The standard InChI is InChI=1S/C22H18Cl2N4O3/c1-14-18(13-30-17-7-4-6-16(23)11-17)21(27-31-14)22(29)25-20-9-10-28(26-20)12-15-5-2-3-8-19(15)24/h2-11H,12-13H2,1H3,(H,25,26,29). The molecule has 0 aliphatic rings. The molecule has 0 fully saturated rings. The van der Waals surface area contributed by atoms with Crippen LogP contribution in [0.5, 0.6) is 5.75 Å². The number of carbonyl (C=O) groups excluding carboxylic acids is 1. The van der Waals surface area contributed by atoms with Crippen molar-refractivity contribution in [2.45, 2.75) is 20.1 Å². The first-order valence-electron chi connectivity index (χ1n) is 9.41. The molecule has 158 valence electrons. The van der Waals surface area contributed by atoms with Crippen molar-refractivity contribution in [3.8, 4) is 5.75 Å². The largest absolute Gasteiger partial charge is 0.489 e. The number of hydrogen-bond acceptors (Lipinski definition) is 5. The summed E-state index contributed by atoms with van der Waals surface area (Å²) < 4.78 is 12.6. The van der Waals surface area contributed by atoms with Crippen molar-refractivity contribution < 1.29 is 14.1 Å². The lowest BCUT2D eigenvalue weighted by molar-refractivity contribution is 0.101. The molecule has 4 aromatic rings. The summed E-state index contributed by atoms with van der Waals surface area (Å²) in [5.41, 5.74) is 1.62. The molecule has 0 aliphatic carbocycles. The second-order valence-electron chi connectivity index (χ2n) is 6.76. The zero-order valence-electron chi connectivity index (χ0n) is 16.5. The van der Waals surface area contributed by atoms with Crippen molar-refractivity contribution >= 4 is 34.9 Å². The van der Waals surface area contributed by atoms with E-state index in [1.807, 2.05) is 24.3 Å². The minimum atomic E-state index is -0.440. The molecule has 1 amide bonds. The van der Waals surface area contributed by atoms with Gasteiger partial charge >= 0.3 is 0 Å². The van der Waals surface area contributed by atoms with Gasteiger partial charge in [0.2, 0.25) is 0 Å². The Morgan fingerprint density at radius 1 is 1.16 bits per heavy atom. The molecule has 0 unspecified atom stereocenters. The van der Waals surface area contributed by atoms with E-state index in [2.05, 4.69) is 15.6 Å². The predicted octanol–water partition coefficient (Wildman–Crippen LogP) is 5.37. The maximum absolute atomic E-state index is 12.8. The molecule has 9 heteroatoms. The van der Waals surface area contributed by atoms with Gasteiger partial charge in [-0.15, -0.1) is 0 Å². The summed E-state index contributed by atoms with van der Waals surface area (Å²) >= 11 is 12.2. The Labute approximate surface area is 188 Å². The van der Waals surface area contributed by atoms with Gasteiger partial charge < -0.3 is 14.6 Å². The van der Waals surface area contributed by atoms with Crippen molar-refractivity contribution in [1.29, 1.82) is 0 Å². The van der Waals surface area contributed by atoms with E-state index >= 15 is 0 Å². The Kier molecular flexibility index (Phi) is 6.25. The number of carbonyl (C=O) groups is 1. The fourth-order valence-electron chi connectivity index (χ4n) is 2.94. The zero-order valence-corrected chi connectivity index (χ0v) is 18.0. The smallest absolute Gasteiger partial charge is 0.279 e. The van der Waals surface area contributed by atoms with Crippen molar-refractivity contribution in [2.75, 3.05) is 5.32 Å². The third-order valence-corrected chi connectivity index (χ3v) is 5.16. The third kappa shape index (κ3) is 5.07. The van der Waals surface area contributed by atoms with Gasteiger partial charge in [0.15, 0.2) is 11.5 Å². The molecule has 0 aliphatic heterocycles. The van der Waals surface area contributed by atoms with Crippen LogP contribution in [0.25, 0.3) is 0 Å². The second-order valence-corrected chi connectivity index (χ2v) is 7.60. The van der Waals surface area contributed by atoms with Gasteiger partial charge in [0.1, 0.15) is 18.1 Å². The van der Waals surface area contributed by atoms with Gasteiger partial charge in [0.25, 0.3) is 5.91 Å². The topological polar surface area (TPSA) is 82.2 Å². The van der Waals surface area contributed by atoms with Crippen LogP contribution in [-0.2, 0) is 13.2 Å². The van der Waals surface area contributed by atoms with Crippen LogP contribution in [0.2, 0.25) is 10.0 Å². The molecule has 31 heavy (non-hydrogen) atoms. The van der Waals surface area contributed by atoms with Gasteiger partial charge in [-0.25, -0.2) is 0 Å². The number of ether oxygens (including phenoxy) is 1. The van der Waals surface area contributed by atoms with Crippen molar-refractivity contribution in [3.63, 3.8) is 0 Å². The van der Waals surface area contributed by atoms with Crippen LogP contribution >= 0.6 is 23.2 Å². The average molecular weight is 457 g/mol. The van der Waals surface area contributed by atoms with Crippen molar-refractivity contribution in [2.24, 2.45) is 0 Å². The molecule has 0 bridgehead atoms. The van der Waals surface area contributed by atoms with Crippen LogP contribution in [0.1, 0.15) is 27.4 Å². The average Bonchev–Trinajstić information content (AvgIpc) is 3.34. The summed E-state index contributed by atoms with van der Waals surface area (Å²) in [5, 5.41) is 12.2. The molecule has 2 aromatic heterocycles. The molecule has 2 aromatic carbocycles. The van der Waals surface area contributed by atoms with Crippen LogP contribution < -0.4 is 10.1 Å². The molecule has 0 saturated heterocycles. The van der Waals surface area contributed by atoms with Gasteiger partial charge in [-0.05, 0) is 36.8 Å². The van der Waals surface area contributed by atoms with Gasteiger partial charge in [0.05, 0.1) is 12.1 Å². The number of aryl methyl sites for hydroxylation is 1. The molecule has 1 N–H and O–H groups in total. The summed E-state index contributed by atoms with van der Waals surface area (Å²) in [4.78, 5) is 12.8. The molecule has 0 radical (unpaired) electrons. The first-order valence-corrected chi connectivity index (χ1v) is 10.2. The fraction of sp³-hybridized carbons (Fsp3) is 0.136. The molecular weight excluding hydrogens is 439 g/mol. The minimum absolute atomic E-state index is 0.110. The lowest BCUT2D eigenvalue weighted by Crippen LogP contribution is -2.16. The number of aromatic nitrogens is 3. The monoisotopic (exact) mass is 456 g/mol. The molecular formula is C22H18Cl2N4O3. The van der Waals surface area contributed by atoms with Crippen LogP contribution in [0.4, 0.5) is 5.82 Å². The van der Waals surface area contributed by atoms with Crippen LogP contribution in [0.15, 0.2) is 65.3 Å². The van der Waals surface area contributed by atoms with Gasteiger partial charge in [0, 0.05) is 22.3 Å². The quantitative estimate of drug-likeness (QED) is 0.404. The lowest BCUT2D eigenvalue weighted by atomic mass is 10.2. The van der Waals surface area contributed by atoms with E-state index in [1.54, 1.807) is 48.1 Å². The number of amides is 1. The summed E-state index contributed by atoms with van der Waals surface area (Å²) in [7, 11) is 0. The molecule has 0 atom stereocenters. The minimum Gasteiger partial charge on any atom is -0.489 e. The third-order valence-electron chi connectivity index (χ3n) is 4.55. The molecule has 0 saturated carbocycles. The molecule has 0 spiro atoms. The molecule has 2 heterocycles. The number of halogens is 2. The number of nitrogens with one attached hydrogen (secondary N) is 1. The summed E-state index contributed by atoms with van der Waals surface area (Å²) in [6.45, 7) is 2.31. The highest BCUT2D eigenvalue weighted by atomic mass is 35.5. The first-order chi connectivity index (χ1) is 15.0. The maximum Gasteiger partial charge on any atom is 0.279 e. The highest BCUT2D eigenvalue weighted by Gasteiger charge is 2.21. The van der Waals surface area contributed by atoms with Crippen molar-refractivity contribution in [1.82, 2.24) is 14.9 Å². The highest BCUT2D eigenvalue weighted by molar-refractivity contribution is 6.31. The Morgan fingerprint density at radius 3 is 2.81 bits per heavy atom. The van der Waals surface area contributed by atoms with E-state index in [4.69, 9.17) is 32.5 Å². The van der Waals surface area contributed by atoms with E-state index in [9.17, 15) is 4.79 Å². The number of anilines is 1. The lowest BCUT2D eigenvalue weighted by Gasteiger charge is -2.07. The SMILES string of the molecule is Cc1onc(C(=O)Nc2ccn(Cc3ccccc3Cl)n2)c1COc1cccc(Cl)c1. The normalized spacial score (nSPS) is 10.8. The van der Waals surface area contributed by atoms with Gasteiger partial charge in [-0.1, -0.05) is 52.6 Å². The summed E-state index contributed by atoms with van der Waals surface area (Å²) in [6, 6.07) is 16.2. The van der Waals surface area contributed by atoms with E-state index < -0.39 is 5.91 Å². The summed E-state index contributed by atoms with van der Waals surface area (Å²) in [6.07, 6.45) is 1.76. The summed E-state index contributed by atoms with van der Waals surface area (Å²) in [5.74, 6) is 1.03. The highest BCUT2D eigenvalue weighted by Crippen LogP contribution is 2.22. The maximum atomic E-state index is 12.8. The van der Waals surface area contributed by atoms with Crippen molar-refractivity contribution in [3.05, 3.63) is 93.4 Å². The second kappa shape index (κ2) is 9.24. The van der Waals surface area contributed by atoms with Crippen LogP contribution in [-0.4, -0.2) is 20.8 Å². The Morgan fingerprint density at radius 2 is 2.00 bits per heavy atom. The first kappa shape index (κ1) is 21.0. The van der Waals surface area contributed by atoms with Gasteiger partial charge in [-0.2, -0.15) is 5.10 Å². The predicted molar refractivity (Wildman–Crippen MR) is 118 cm³/mol. The van der Waals surface area contributed by atoms with E-state index in [0.717, 1.165) is 5.56 Å². The number of nitrogens with zero attached hydrogens (tertiary/aromatic N) is 3. The van der Waals surface area contributed by atoms with Gasteiger partial charge in [-0.3, -0.25) is 9.48 Å². The Hall–Kier alpha value is -3.29. The van der Waals surface area contributed by atoms with Crippen LogP contribution in [0.3, 0.4) is 0 Å². The Bertz CT molecular complexity index is 1220. The number of benzene rings is 2. The number of rotatable bonds is 7. The molecule has 7 nitrogen and oxygen atoms in total. The van der Waals surface area contributed by atoms with E-state index in [-0.39, 0.29) is 12.3 Å². The zero-order chi connectivity index (χ0) is 21.8.